The zero-order valence-corrected chi connectivity index (χ0v) is 4.64. The van der Waals surface area contributed by atoms with Crippen LogP contribution in [0.25, 0.3) is 0 Å². The number of rotatable bonds is 1. The van der Waals surface area contributed by atoms with E-state index in [-0.39, 0.29) is 5.92 Å². The minimum absolute atomic E-state index is 0.264. The molecule has 0 aromatic rings. The van der Waals surface area contributed by atoms with Gasteiger partial charge in [-0.3, -0.25) is 4.79 Å². The molecule has 0 aromatic heterocycles. The van der Waals surface area contributed by atoms with Crippen molar-refractivity contribution in [2.24, 2.45) is 17.8 Å². The van der Waals surface area contributed by atoms with Gasteiger partial charge in [-0.25, -0.2) is 0 Å². The molecule has 0 N–H and O–H groups in total. The van der Waals surface area contributed by atoms with Crippen LogP contribution in [-0.4, -0.2) is 6.29 Å². The number of carbonyl (C=O) groups excluding carboxylic acids is 1. The van der Waals surface area contributed by atoms with E-state index in [2.05, 4.69) is 13.8 Å². The van der Waals surface area contributed by atoms with E-state index >= 15 is 0 Å². The molecule has 0 heterocycles. The molecule has 2 atom stereocenters. The van der Waals surface area contributed by atoms with Crippen LogP contribution < -0.4 is 0 Å². The van der Waals surface area contributed by atoms with Gasteiger partial charge in [0.2, 0.25) is 6.29 Å². The van der Waals surface area contributed by atoms with Gasteiger partial charge in [0.1, 0.15) is 0 Å². The molecule has 1 aliphatic carbocycles. The first-order valence-corrected chi connectivity index (χ1v) is 2.65. The van der Waals surface area contributed by atoms with Crippen LogP contribution in [0.15, 0.2) is 0 Å². The summed E-state index contributed by atoms with van der Waals surface area (Å²) in [6, 6.07) is 0. The Balaban J connectivity index is 2.37. The largest absolute Gasteiger partial charge is 0.291 e. The monoisotopic (exact) mass is 97.1 g/mol. The molecule has 7 heavy (non-hydrogen) atoms. The van der Waals surface area contributed by atoms with Crippen molar-refractivity contribution >= 4 is 6.29 Å². The van der Waals surface area contributed by atoms with Crippen LogP contribution in [0.2, 0.25) is 0 Å². The lowest BCUT2D eigenvalue weighted by atomic mass is 10.4. The fraction of sp³-hybridized carbons (Fsp3) is 0.833. The zero-order chi connectivity index (χ0) is 5.44. The van der Waals surface area contributed by atoms with Crippen molar-refractivity contribution in [1.82, 2.24) is 0 Å². The highest BCUT2D eigenvalue weighted by molar-refractivity contribution is 5.59. The van der Waals surface area contributed by atoms with Crippen LogP contribution in [0.4, 0.5) is 0 Å². The highest BCUT2D eigenvalue weighted by Gasteiger charge is 2.43. The molecule has 1 radical (unpaired) electrons. The summed E-state index contributed by atoms with van der Waals surface area (Å²) in [4.78, 5) is 9.86. The van der Waals surface area contributed by atoms with Crippen molar-refractivity contribution in [2.45, 2.75) is 13.8 Å². The minimum atomic E-state index is 0.264. The van der Waals surface area contributed by atoms with E-state index in [0.717, 1.165) is 0 Å². The Kier molecular flexibility index (Phi) is 0.911. The first kappa shape index (κ1) is 4.82. The van der Waals surface area contributed by atoms with Crippen molar-refractivity contribution in [3.8, 4) is 0 Å². The van der Waals surface area contributed by atoms with Gasteiger partial charge in [0.25, 0.3) is 0 Å². The van der Waals surface area contributed by atoms with Crippen LogP contribution in [0.1, 0.15) is 13.8 Å². The van der Waals surface area contributed by atoms with Crippen molar-refractivity contribution < 1.29 is 4.79 Å². The SMILES string of the molecule is CC1C(C)C1[C]=O. The standard InChI is InChI=1S/C6H9O/c1-4-5(2)6(4)3-7/h4-6H,1-2H3. The van der Waals surface area contributed by atoms with E-state index in [9.17, 15) is 4.79 Å². The average molecular weight is 97.1 g/mol. The second kappa shape index (κ2) is 1.32. The quantitative estimate of drug-likeness (QED) is 0.477. The summed E-state index contributed by atoms with van der Waals surface area (Å²) in [5.41, 5.74) is 0. The van der Waals surface area contributed by atoms with E-state index in [1.165, 1.54) is 0 Å². The second-order valence-corrected chi connectivity index (χ2v) is 2.36. The predicted molar refractivity (Wildman–Crippen MR) is 27.5 cm³/mol. The van der Waals surface area contributed by atoms with Gasteiger partial charge < -0.3 is 0 Å². The topological polar surface area (TPSA) is 17.1 Å². The van der Waals surface area contributed by atoms with Gasteiger partial charge in [-0.05, 0) is 11.8 Å². The van der Waals surface area contributed by atoms with Crippen molar-refractivity contribution in [2.75, 3.05) is 0 Å². The van der Waals surface area contributed by atoms with Gasteiger partial charge in [0.15, 0.2) is 0 Å². The molecule has 1 fully saturated rings. The third-order valence-electron chi connectivity index (χ3n) is 1.96. The molecule has 0 amide bonds. The molecule has 39 valence electrons. The molecule has 1 aliphatic rings. The molecule has 0 aliphatic heterocycles. The summed E-state index contributed by atoms with van der Waals surface area (Å²) in [5, 5.41) is 0. The Morgan fingerprint density at radius 1 is 1.29 bits per heavy atom. The summed E-state index contributed by atoms with van der Waals surface area (Å²) in [6.07, 6.45) is 1.99. The summed E-state index contributed by atoms with van der Waals surface area (Å²) in [6.45, 7) is 4.17. The minimum Gasteiger partial charge on any atom is -0.291 e. The van der Waals surface area contributed by atoms with Gasteiger partial charge in [0.05, 0.1) is 0 Å². The molecular weight excluding hydrogens is 88.1 g/mol. The first-order valence-electron chi connectivity index (χ1n) is 2.65. The van der Waals surface area contributed by atoms with E-state index in [1.54, 1.807) is 0 Å². The van der Waals surface area contributed by atoms with Gasteiger partial charge in [0, 0.05) is 5.92 Å². The maximum absolute atomic E-state index is 9.86. The molecule has 0 spiro atoms. The lowest BCUT2D eigenvalue weighted by molar-refractivity contribution is 0.544. The van der Waals surface area contributed by atoms with Crippen LogP contribution in [-0.2, 0) is 4.79 Å². The summed E-state index contributed by atoms with van der Waals surface area (Å²) in [5.74, 6) is 1.48. The molecule has 1 nitrogen and oxygen atoms in total. The highest BCUT2D eigenvalue weighted by Crippen LogP contribution is 2.43. The second-order valence-electron chi connectivity index (χ2n) is 2.36. The number of hydrogen-bond donors (Lipinski definition) is 0. The normalized spacial score (nSPS) is 48.6. The van der Waals surface area contributed by atoms with Gasteiger partial charge in [-0.15, -0.1) is 0 Å². The first-order chi connectivity index (χ1) is 3.27. The highest BCUT2D eigenvalue weighted by atomic mass is 16.1. The third-order valence-corrected chi connectivity index (χ3v) is 1.96. The van der Waals surface area contributed by atoms with E-state index < -0.39 is 0 Å². The van der Waals surface area contributed by atoms with Crippen LogP contribution >= 0.6 is 0 Å². The molecule has 0 saturated heterocycles. The molecule has 0 bridgehead atoms. The van der Waals surface area contributed by atoms with E-state index in [0.29, 0.717) is 11.8 Å². The fourth-order valence-corrected chi connectivity index (χ4v) is 0.877. The third kappa shape index (κ3) is 0.561. The van der Waals surface area contributed by atoms with E-state index in [1.807, 2.05) is 6.29 Å². The van der Waals surface area contributed by atoms with Crippen molar-refractivity contribution in [3.05, 3.63) is 0 Å². The molecule has 0 aromatic carbocycles. The molecule has 1 saturated carbocycles. The summed E-state index contributed by atoms with van der Waals surface area (Å²) in [7, 11) is 0. The maximum atomic E-state index is 9.86. The Hall–Kier alpha value is -0.330. The van der Waals surface area contributed by atoms with Crippen molar-refractivity contribution in [3.63, 3.8) is 0 Å². The Labute approximate surface area is 43.7 Å². The van der Waals surface area contributed by atoms with Crippen molar-refractivity contribution in [1.29, 1.82) is 0 Å². The predicted octanol–water partition coefficient (Wildman–Crippen LogP) is 0.998. The van der Waals surface area contributed by atoms with Crippen LogP contribution in [0, 0.1) is 17.8 Å². The zero-order valence-electron chi connectivity index (χ0n) is 4.64. The molecule has 1 rings (SSSR count). The smallest absolute Gasteiger partial charge is 0.202 e. The Morgan fingerprint density at radius 3 is 1.71 bits per heavy atom. The summed E-state index contributed by atoms with van der Waals surface area (Å²) >= 11 is 0. The Bertz CT molecular complexity index is 80.2. The molecule has 2 unspecified atom stereocenters. The van der Waals surface area contributed by atoms with Gasteiger partial charge in [-0.2, -0.15) is 0 Å². The lowest BCUT2D eigenvalue weighted by Crippen LogP contribution is -1.75. The number of hydrogen-bond acceptors (Lipinski definition) is 1. The Morgan fingerprint density at radius 2 is 1.71 bits per heavy atom. The van der Waals surface area contributed by atoms with Crippen LogP contribution in [0.5, 0.6) is 0 Å². The van der Waals surface area contributed by atoms with E-state index in [4.69, 9.17) is 0 Å². The maximum Gasteiger partial charge on any atom is 0.202 e. The van der Waals surface area contributed by atoms with Gasteiger partial charge >= 0.3 is 0 Å². The molecule has 1 heteroatoms. The van der Waals surface area contributed by atoms with Crippen LogP contribution in [0.3, 0.4) is 0 Å². The lowest BCUT2D eigenvalue weighted by Gasteiger charge is -1.66. The summed E-state index contributed by atoms with van der Waals surface area (Å²) < 4.78 is 0. The van der Waals surface area contributed by atoms with Gasteiger partial charge in [-0.1, -0.05) is 13.8 Å². The average Bonchev–Trinajstić information content (AvgIpc) is 2.17. The molecular formula is C6H9O. The fourth-order valence-electron chi connectivity index (χ4n) is 0.877.